The SMILES string of the molecule is Cn1nnc(Cn2ccnc2-c2cccc(I)c2)n1. The van der Waals surface area contributed by atoms with E-state index in [4.69, 9.17) is 0 Å². The minimum atomic E-state index is 0.564. The zero-order chi connectivity index (χ0) is 13.2. The first-order chi connectivity index (χ1) is 9.22. The number of imidazole rings is 1. The van der Waals surface area contributed by atoms with E-state index in [1.807, 2.05) is 22.9 Å². The van der Waals surface area contributed by atoms with Crippen molar-refractivity contribution >= 4 is 22.6 Å². The molecule has 0 unspecified atom stereocenters. The van der Waals surface area contributed by atoms with E-state index in [-0.39, 0.29) is 0 Å². The molecule has 0 saturated heterocycles. The van der Waals surface area contributed by atoms with E-state index in [9.17, 15) is 0 Å². The van der Waals surface area contributed by atoms with E-state index in [2.05, 4.69) is 55.1 Å². The van der Waals surface area contributed by atoms with E-state index in [1.165, 1.54) is 8.37 Å². The fraction of sp³-hybridized carbons (Fsp3) is 0.167. The number of aromatic nitrogens is 6. The molecule has 0 radical (unpaired) electrons. The van der Waals surface area contributed by atoms with Crippen LogP contribution in [0.4, 0.5) is 0 Å². The zero-order valence-corrected chi connectivity index (χ0v) is 12.4. The Hall–Kier alpha value is -1.77. The highest BCUT2D eigenvalue weighted by molar-refractivity contribution is 14.1. The van der Waals surface area contributed by atoms with Gasteiger partial charge in [0.05, 0.1) is 13.6 Å². The van der Waals surface area contributed by atoms with Gasteiger partial charge in [0.15, 0.2) is 5.82 Å². The van der Waals surface area contributed by atoms with Gasteiger partial charge in [-0.1, -0.05) is 12.1 Å². The summed E-state index contributed by atoms with van der Waals surface area (Å²) >= 11 is 2.29. The maximum absolute atomic E-state index is 4.41. The van der Waals surface area contributed by atoms with Crippen LogP contribution in [0.5, 0.6) is 0 Å². The first-order valence-corrected chi connectivity index (χ1v) is 6.80. The van der Waals surface area contributed by atoms with Crippen molar-refractivity contribution in [1.29, 1.82) is 0 Å². The lowest BCUT2D eigenvalue weighted by molar-refractivity contribution is 0.625. The number of hydrogen-bond acceptors (Lipinski definition) is 4. The Labute approximate surface area is 123 Å². The second kappa shape index (κ2) is 5.08. The van der Waals surface area contributed by atoms with Gasteiger partial charge in [0.25, 0.3) is 0 Å². The van der Waals surface area contributed by atoms with Gasteiger partial charge in [-0.25, -0.2) is 4.98 Å². The minimum absolute atomic E-state index is 0.564. The lowest BCUT2D eigenvalue weighted by Gasteiger charge is -2.05. The average molecular weight is 366 g/mol. The number of rotatable bonds is 3. The van der Waals surface area contributed by atoms with E-state index in [0.717, 1.165) is 11.4 Å². The molecule has 0 aliphatic heterocycles. The summed E-state index contributed by atoms with van der Waals surface area (Å²) in [7, 11) is 1.75. The molecule has 6 nitrogen and oxygen atoms in total. The molecule has 0 aliphatic rings. The van der Waals surface area contributed by atoms with Gasteiger partial charge in [-0.05, 0) is 39.9 Å². The highest BCUT2D eigenvalue weighted by Crippen LogP contribution is 2.20. The van der Waals surface area contributed by atoms with E-state index in [0.29, 0.717) is 12.4 Å². The van der Waals surface area contributed by atoms with Gasteiger partial charge < -0.3 is 4.57 Å². The minimum Gasteiger partial charge on any atom is -0.323 e. The van der Waals surface area contributed by atoms with E-state index in [1.54, 1.807) is 13.2 Å². The van der Waals surface area contributed by atoms with Crippen LogP contribution in [-0.4, -0.2) is 29.8 Å². The standard InChI is InChI=1S/C12H11IN6/c1-18-16-11(15-17-18)8-19-6-5-14-12(19)9-3-2-4-10(13)7-9/h2-7H,8H2,1H3. The number of nitrogens with zero attached hydrogens (tertiary/aromatic N) is 6. The van der Waals surface area contributed by atoms with Crippen LogP contribution < -0.4 is 0 Å². The number of halogens is 1. The third-order valence-corrected chi connectivity index (χ3v) is 3.33. The molecule has 0 aliphatic carbocycles. The first-order valence-electron chi connectivity index (χ1n) is 5.72. The highest BCUT2D eigenvalue weighted by atomic mass is 127. The number of hydrogen-bond donors (Lipinski definition) is 0. The smallest absolute Gasteiger partial charge is 0.194 e. The molecular formula is C12H11IN6. The van der Waals surface area contributed by atoms with Crippen molar-refractivity contribution in [2.45, 2.75) is 6.54 Å². The molecule has 7 heteroatoms. The van der Waals surface area contributed by atoms with Crippen LogP contribution in [-0.2, 0) is 13.6 Å². The third-order valence-electron chi connectivity index (χ3n) is 2.66. The molecule has 0 N–H and O–H groups in total. The van der Waals surface area contributed by atoms with E-state index < -0.39 is 0 Å². The molecule has 2 heterocycles. The monoisotopic (exact) mass is 366 g/mol. The van der Waals surface area contributed by atoms with Gasteiger partial charge >= 0.3 is 0 Å². The van der Waals surface area contributed by atoms with E-state index >= 15 is 0 Å². The van der Waals surface area contributed by atoms with Crippen molar-refractivity contribution in [3.8, 4) is 11.4 Å². The lowest BCUT2D eigenvalue weighted by atomic mass is 10.2. The Bertz CT molecular complexity index is 702. The fourth-order valence-electron chi connectivity index (χ4n) is 1.86. The molecule has 0 atom stereocenters. The van der Waals surface area contributed by atoms with Gasteiger partial charge in [0.1, 0.15) is 5.82 Å². The molecular weight excluding hydrogens is 355 g/mol. The summed E-state index contributed by atoms with van der Waals surface area (Å²) in [5.74, 6) is 1.58. The number of tetrazole rings is 1. The fourth-order valence-corrected chi connectivity index (χ4v) is 2.41. The Morgan fingerprint density at radius 2 is 2.21 bits per heavy atom. The molecule has 0 amide bonds. The van der Waals surface area contributed by atoms with Crippen molar-refractivity contribution in [1.82, 2.24) is 29.8 Å². The largest absolute Gasteiger partial charge is 0.323 e. The quantitative estimate of drug-likeness (QED) is 0.663. The summed E-state index contributed by atoms with van der Waals surface area (Å²) in [6.45, 7) is 0.564. The zero-order valence-electron chi connectivity index (χ0n) is 10.2. The Balaban J connectivity index is 1.94. The molecule has 3 rings (SSSR count). The normalized spacial score (nSPS) is 10.8. The van der Waals surface area contributed by atoms with Crippen LogP contribution in [0.3, 0.4) is 0 Å². The van der Waals surface area contributed by atoms with Crippen LogP contribution in [0, 0.1) is 3.57 Å². The molecule has 0 fully saturated rings. The topological polar surface area (TPSA) is 61.4 Å². The molecule has 1 aromatic carbocycles. The molecule has 19 heavy (non-hydrogen) atoms. The van der Waals surface area contributed by atoms with Crippen LogP contribution in [0.15, 0.2) is 36.7 Å². The summed E-state index contributed by atoms with van der Waals surface area (Å²) < 4.78 is 3.20. The molecule has 3 aromatic rings. The van der Waals surface area contributed by atoms with Crippen molar-refractivity contribution in [3.63, 3.8) is 0 Å². The maximum Gasteiger partial charge on any atom is 0.194 e. The summed E-state index contributed by atoms with van der Waals surface area (Å²) in [6.07, 6.45) is 3.71. The van der Waals surface area contributed by atoms with Gasteiger partial charge in [0.2, 0.25) is 0 Å². The molecule has 2 aromatic heterocycles. The summed E-state index contributed by atoms with van der Waals surface area (Å²) in [5, 5.41) is 12.0. The van der Waals surface area contributed by atoms with Crippen molar-refractivity contribution < 1.29 is 0 Å². The van der Waals surface area contributed by atoms with Crippen LogP contribution in [0.1, 0.15) is 5.82 Å². The van der Waals surface area contributed by atoms with Gasteiger partial charge in [-0.3, -0.25) is 0 Å². The number of aryl methyl sites for hydroxylation is 1. The summed E-state index contributed by atoms with van der Waals surface area (Å²) in [6, 6.07) is 8.23. The van der Waals surface area contributed by atoms with Crippen LogP contribution in [0.25, 0.3) is 11.4 Å². The highest BCUT2D eigenvalue weighted by Gasteiger charge is 2.09. The van der Waals surface area contributed by atoms with Crippen molar-refractivity contribution in [2.75, 3.05) is 0 Å². The molecule has 96 valence electrons. The maximum atomic E-state index is 4.41. The lowest BCUT2D eigenvalue weighted by Crippen LogP contribution is -2.03. The molecule has 0 bridgehead atoms. The molecule has 0 saturated carbocycles. The Morgan fingerprint density at radius 3 is 2.95 bits per heavy atom. The predicted molar refractivity (Wildman–Crippen MR) is 78.3 cm³/mol. The Morgan fingerprint density at radius 1 is 1.32 bits per heavy atom. The van der Waals surface area contributed by atoms with Gasteiger partial charge in [-0.15, -0.1) is 10.2 Å². The Kier molecular flexibility index (Phi) is 3.28. The van der Waals surface area contributed by atoms with Gasteiger partial charge in [0, 0.05) is 21.5 Å². The van der Waals surface area contributed by atoms with Crippen LogP contribution in [0.2, 0.25) is 0 Å². The average Bonchev–Trinajstić information content (AvgIpc) is 2.99. The first kappa shape index (κ1) is 12.3. The van der Waals surface area contributed by atoms with Crippen LogP contribution >= 0.6 is 22.6 Å². The summed E-state index contributed by atoms with van der Waals surface area (Å²) in [4.78, 5) is 5.86. The predicted octanol–water partition coefficient (Wildman–Crippen LogP) is 1.73. The second-order valence-electron chi connectivity index (χ2n) is 4.08. The van der Waals surface area contributed by atoms with Crippen molar-refractivity contribution in [2.24, 2.45) is 7.05 Å². The number of benzene rings is 1. The third kappa shape index (κ3) is 2.65. The summed E-state index contributed by atoms with van der Waals surface area (Å²) in [5.41, 5.74) is 1.08. The van der Waals surface area contributed by atoms with Crippen molar-refractivity contribution in [3.05, 3.63) is 46.1 Å². The second-order valence-corrected chi connectivity index (χ2v) is 5.33. The van der Waals surface area contributed by atoms with Gasteiger partial charge in [-0.2, -0.15) is 4.80 Å². The molecule has 0 spiro atoms.